The average molecular weight is 433 g/mol. The van der Waals surface area contributed by atoms with Crippen molar-refractivity contribution in [3.63, 3.8) is 0 Å². The van der Waals surface area contributed by atoms with E-state index in [9.17, 15) is 14.9 Å². The molecule has 7 heteroatoms. The molecule has 2 aromatic rings. The molecule has 0 saturated heterocycles. The number of ether oxygens (including phenoxy) is 2. The molecule has 0 aliphatic rings. The second-order valence-corrected chi connectivity index (χ2v) is 8.25. The maximum atomic E-state index is 13.4. The molecule has 1 unspecified atom stereocenters. The highest BCUT2D eigenvalue weighted by Gasteiger charge is 2.21. The normalized spacial score (nSPS) is 12.1. The lowest BCUT2D eigenvalue weighted by Crippen LogP contribution is -2.25. The van der Waals surface area contributed by atoms with E-state index in [-0.39, 0.29) is 17.0 Å². The quantitative estimate of drug-likeness (QED) is 0.205. The molecule has 0 N–H and O–H groups in total. The van der Waals surface area contributed by atoms with E-state index >= 15 is 0 Å². The molecule has 1 heterocycles. The topological polar surface area (TPSA) is 83.6 Å². The molecule has 1 aromatic heterocycles. The number of methoxy groups -OCH3 is 1. The standard InChI is InChI=1S/C24H36N2O5/c1-5-7-8-9-10-11-15-25-21-16-19(26(28)29)13-14-20(21)22(30-4)23(24(25)27)31-17-18(3)12-6-2/h13-14,16,18H,5-12,15,17H2,1-4H3. The number of rotatable bonds is 14. The largest absolute Gasteiger partial charge is 0.492 e. The third-order valence-electron chi connectivity index (χ3n) is 5.61. The van der Waals surface area contributed by atoms with Gasteiger partial charge in [0, 0.05) is 24.1 Å². The Bertz CT molecular complexity index is 922. The van der Waals surface area contributed by atoms with Crippen molar-refractivity contribution < 1.29 is 14.4 Å². The van der Waals surface area contributed by atoms with Gasteiger partial charge in [-0.05, 0) is 24.8 Å². The Balaban J connectivity index is 2.45. The van der Waals surface area contributed by atoms with E-state index in [2.05, 4.69) is 20.8 Å². The van der Waals surface area contributed by atoms with Crippen LogP contribution in [0.25, 0.3) is 10.9 Å². The van der Waals surface area contributed by atoms with Gasteiger partial charge in [-0.1, -0.05) is 59.3 Å². The van der Waals surface area contributed by atoms with Crippen molar-refractivity contribution in [1.29, 1.82) is 0 Å². The summed E-state index contributed by atoms with van der Waals surface area (Å²) in [6.45, 7) is 7.31. The monoisotopic (exact) mass is 432 g/mol. The van der Waals surface area contributed by atoms with Crippen molar-refractivity contribution in [2.45, 2.75) is 78.7 Å². The van der Waals surface area contributed by atoms with Crippen molar-refractivity contribution >= 4 is 16.6 Å². The molecule has 1 atom stereocenters. The Kier molecular flexibility index (Phi) is 9.82. The maximum Gasteiger partial charge on any atom is 0.297 e. The summed E-state index contributed by atoms with van der Waals surface area (Å²) >= 11 is 0. The molecule has 0 aliphatic carbocycles. The van der Waals surface area contributed by atoms with Gasteiger partial charge in [-0.2, -0.15) is 0 Å². The van der Waals surface area contributed by atoms with E-state index in [0.717, 1.165) is 32.1 Å². The lowest BCUT2D eigenvalue weighted by molar-refractivity contribution is -0.384. The molecule has 0 bridgehead atoms. The number of hydrogen-bond donors (Lipinski definition) is 0. The second kappa shape index (κ2) is 12.3. The van der Waals surface area contributed by atoms with E-state index in [1.54, 1.807) is 10.6 Å². The van der Waals surface area contributed by atoms with Crippen LogP contribution in [0.2, 0.25) is 0 Å². The van der Waals surface area contributed by atoms with Crippen molar-refractivity contribution in [3.8, 4) is 11.5 Å². The van der Waals surface area contributed by atoms with E-state index in [1.165, 1.54) is 38.5 Å². The van der Waals surface area contributed by atoms with Crippen LogP contribution >= 0.6 is 0 Å². The fourth-order valence-corrected chi connectivity index (χ4v) is 3.90. The minimum absolute atomic E-state index is 0.0455. The van der Waals surface area contributed by atoms with Gasteiger partial charge in [0.2, 0.25) is 5.75 Å². The van der Waals surface area contributed by atoms with E-state index in [1.807, 2.05) is 0 Å². The Morgan fingerprint density at radius 3 is 2.42 bits per heavy atom. The minimum atomic E-state index is -0.442. The predicted octanol–water partition coefficient (Wildman–Crippen LogP) is 6.09. The molecule has 7 nitrogen and oxygen atoms in total. The van der Waals surface area contributed by atoms with Crippen LogP contribution in [0.15, 0.2) is 23.0 Å². The summed E-state index contributed by atoms with van der Waals surface area (Å²) in [6, 6.07) is 4.54. The summed E-state index contributed by atoms with van der Waals surface area (Å²) in [5.41, 5.74) is 0.177. The number of hydrogen-bond acceptors (Lipinski definition) is 5. The predicted molar refractivity (Wildman–Crippen MR) is 124 cm³/mol. The molecule has 0 spiro atoms. The Morgan fingerprint density at radius 1 is 1.06 bits per heavy atom. The number of nitrogens with zero attached hydrogens (tertiary/aromatic N) is 2. The third-order valence-corrected chi connectivity index (χ3v) is 5.61. The highest BCUT2D eigenvalue weighted by atomic mass is 16.6. The van der Waals surface area contributed by atoms with Gasteiger partial charge in [-0.25, -0.2) is 0 Å². The van der Waals surface area contributed by atoms with Crippen LogP contribution in [0.3, 0.4) is 0 Å². The van der Waals surface area contributed by atoms with Gasteiger partial charge in [0.1, 0.15) is 0 Å². The van der Waals surface area contributed by atoms with Crippen molar-refractivity contribution in [3.05, 3.63) is 38.7 Å². The lowest BCUT2D eigenvalue weighted by Gasteiger charge is -2.19. The van der Waals surface area contributed by atoms with Crippen molar-refractivity contribution in [2.24, 2.45) is 5.92 Å². The Labute approximate surface area is 184 Å². The molecule has 172 valence electrons. The molecular formula is C24H36N2O5. The highest BCUT2D eigenvalue weighted by molar-refractivity contribution is 5.89. The molecule has 0 fully saturated rings. The van der Waals surface area contributed by atoms with E-state index < -0.39 is 4.92 Å². The first kappa shape index (κ1) is 24.7. The number of benzene rings is 1. The van der Waals surface area contributed by atoms with Crippen LogP contribution in [0, 0.1) is 16.0 Å². The first-order valence-electron chi connectivity index (χ1n) is 11.5. The molecule has 0 saturated carbocycles. The van der Waals surface area contributed by atoms with E-state index in [0.29, 0.717) is 35.7 Å². The maximum absolute atomic E-state index is 13.4. The average Bonchev–Trinajstić information content (AvgIpc) is 2.75. The number of pyridine rings is 1. The Hall–Kier alpha value is -2.57. The van der Waals surface area contributed by atoms with Gasteiger partial charge >= 0.3 is 0 Å². The van der Waals surface area contributed by atoms with Crippen molar-refractivity contribution in [1.82, 2.24) is 4.57 Å². The number of fused-ring (bicyclic) bond motifs is 1. The van der Waals surface area contributed by atoms with Crippen LogP contribution < -0.4 is 15.0 Å². The minimum Gasteiger partial charge on any atom is -0.492 e. The summed E-state index contributed by atoms with van der Waals surface area (Å²) < 4.78 is 13.1. The number of unbranched alkanes of at least 4 members (excludes halogenated alkanes) is 5. The van der Waals surface area contributed by atoms with Crippen LogP contribution in [0.4, 0.5) is 5.69 Å². The number of nitro groups is 1. The number of aromatic nitrogens is 1. The van der Waals surface area contributed by atoms with Gasteiger partial charge in [-0.15, -0.1) is 0 Å². The SMILES string of the molecule is CCCCCCCCn1c(=O)c(OCC(C)CCC)c(OC)c2ccc([N+](=O)[O-])cc21. The van der Waals surface area contributed by atoms with Gasteiger partial charge in [0.25, 0.3) is 11.2 Å². The summed E-state index contributed by atoms with van der Waals surface area (Å²) in [6.07, 6.45) is 8.60. The van der Waals surface area contributed by atoms with Crippen molar-refractivity contribution in [2.75, 3.05) is 13.7 Å². The fourth-order valence-electron chi connectivity index (χ4n) is 3.90. The summed E-state index contributed by atoms with van der Waals surface area (Å²) in [4.78, 5) is 24.3. The highest BCUT2D eigenvalue weighted by Crippen LogP contribution is 2.34. The molecule has 0 aliphatic heterocycles. The zero-order chi connectivity index (χ0) is 22.8. The second-order valence-electron chi connectivity index (χ2n) is 8.25. The van der Waals surface area contributed by atoms with Gasteiger partial charge in [-0.3, -0.25) is 14.9 Å². The fraction of sp³-hybridized carbons (Fsp3) is 0.625. The van der Waals surface area contributed by atoms with Crippen LogP contribution in [-0.4, -0.2) is 23.2 Å². The smallest absolute Gasteiger partial charge is 0.297 e. The molecule has 0 amide bonds. The lowest BCUT2D eigenvalue weighted by atomic mass is 10.1. The summed E-state index contributed by atoms with van der Waals surface area (Å²) in [7, 11) is 1.50. The molecule has 2 rings (SSSR count). The van der Waals surface area contributed by atoms with Gasteiger partial charge in [0.15, 0.2) is 5.75 Å². The van der Waals surface area contributed by atoms with Crippen LogP contribution in [0.1, 0.15) is 72.1 Å². The molecule has 0 radical (unpaired) electrons. The van der Waals surface area contributed by atoms with Gasteiger partial charge in [0.05, 0.1) is 24.2 Å². The molecule has 1 aromatic carbocycles. The zero-order valence-corrected chi connectivity index (χ0v) is 19.3. The number of nitro benzene ring substituents is 1. The molecule has 31 heavy (non-hydrogen) atoms. The number of aryl methyl sites for hydroxylation is 1. The van der Waals surface area contributed by atoms with Gasteiger partial charge < -0.3 is 14.0 Å². The first-order chi connectivity index (χ1) is 14.9. The van der Waals surface area contributed by atoms with E-state index in [4.69, 9.17) is 9.47 Å². The summed E-state index contributed by atoms with van der Waals surface area (Å²) in [5, 5.41) is 12.0. The Morgan fingerprint density at radius 2 is 1.77 bits per heavy atom. The van der Waals surface area contributed by atoms with Crippen LogP contribution in [0.5, 0.6) is 11.5 Å². The van der Waals surface area contributed by atoms with Crippen LogP contribution in [-0.2, 0) is 6.54 Å². The zero-order valence-electron chi connectivity index (χ0n) is 19.3. The summed E-state index contributed by atoms with van der Waals surface area (Å²) in [5.74, 6) is 0.851. The third kappa shape index (κ3) is 6.45. The number of non-ortho nitro benzene ring substituents is 1. The molecular weight excluding hydrogens is 396 g/mol. The first-order valence-corrected chi connectivity index (χ1v) is 11.5.